The average molecular weight is 220 g/mol. The molecule has 0 aromatic heterocycles. The highest BCUT2D eigenvalue weighted by Crippen LogP contribution is 2.07. The number of carbonyl (C=O) groups is 1. The van der Waals surface area contributed by atoms with Crippen LogP contribution in [0.5, 0.6) is 0 Å². The van der Waals surface area contributed by atoms with Gasteiger partial charge in [0.15, 0.2) is 0 Å². The van der Waals surface area contributed by atoms with Gasteiger partial charge in [-0.05, 0) is 5.56 Å². The van der Waals surface area contributed by atoms with Crippen molar-refractivity contribution in [2.75, 3.05) is 0 Å². The summed E-state index contributed by atoms with van der Waals surface area (Å²) in [6.07, 6.45) is 1.24. The van der Waals surface area contributed by atoms with Crippen molar-refractivity contribution in [3.05, 3.63) is 48.6 Å². The van der Waals surface area contributed by atoms with Gasteiger partial charge in [0.2, 0.25) is 6.29 Å². The molecule has 0 aliphatic carbocycles. The Kier molecular flexibility index (Phi) is 5.29. The molecule has 86 valence electrons. The van der Waals surface area contributed by atoms with Crippen molar-refractivity contribution in [2.24, 2.45) is 0 Å². The van der Waals surface area contributed by atoms with Gasteiger partial charge in [-0.3, -0.25) is 0 Å². The highest BCUT2D eigenvalue weighted by molar-refractivity contribution is 5.81. The van der Waals surface area contributed by atoms with Crippen LogP contribution in [0.15, 0.2) is 43.0 Å². The van der Waals surface area contributed by atoms with Crippen LogP contribution in [0.1, 0.15) is 18.9 Å². The van der Waals surface area contributed by atoms with Gasteiger partial charge in [0.25, 0.3) is 0 Å². The third kappa shape index (κ3) is 4.28. The highest BCUT2D eigenvalue weighted by Gasteiger charge is 2.10. The van der Waals surface area contributed by atoms with Gasteiger partial charge in [-0.2, -0.15) is 0 Å². The van der Waals surface area contributed by atoms with E-state index in [1.54, 1.807) is 0 Å². The van der Waals surface area contributed by atoms with Gasteiger partial charge in [-0.1, -0.05) is 43.8 Å². The molecule has 0 aliphatic rings. The minimum Gasteiger partial charge on any atom is -0.433 e. The molecular formula is C13H16O3. The molecule has 0 spiro atoms. The van der Waals surface area contributed by atoms with E-state index in [-0.39, 0.29) is 0 Å². The lowest BCUT2D eigenvalue weighted by molar-refractivity contribution is -0.176. The molecule has 1 atom stereocenters. The van der Waals surface area contributed by atoms with E-state index in [2.05, 4.69) is 6.58 Å². The normalized spacial score (nSPS) is 11.8. The number of rotatable bonds is 6. The number of hydrogen-bond donors (Lipinski definition) is 0. The smallest absolute Gasteiger partial charge is 0.332 e. The SMILES string of the molecule is C=CC(=O)OC(CC)OCc1ccccc1. The van der Waals surface area contributed by atoms with Crippen LogP contribution >= 0.6 is 0 Å². The molecule has 0 N–H and O–H groups in total. The van der Waals surface area contributed by atoms with Crippen molar-refractivity contribution < 1.29 is 14.3 Å². The number of ether oxygens (including phenoxy) is 2. The quantitative estimate of drug-likeness (QED) is 0.420. The van der Waals surface area contributed by atoms with E-state index in [1.165, 1.54) is 0 Å². The van der Waals surface area contributed by atoms with Gasteiger partial charge >= 0.3 is 5.97 Å². The Bertz CT molecular complexity index is 332. The fourth-order valence-corrected chi connectivity index (χ4v) is 1.18. The Labute approximate surface area is 95.7 Å². The predicted molar refractivity (Wildman–Crippen MR) is 61.6 cm³/mol. The third-order valence-corrected chi connectivity index (χ3v) is 2.03. The van der Waals surface area contributed by atoms with Gasteiger partial charge in [-0.25, -0.2) is 4.79 Å². The van der Waals surface area contributed by atoms with Crippen LogP contribution in [0.4, 0.5) is 0 Å². The standard InChI is InChI=1S/C13H16O3/c1-3-12(14)16-13(4-2)15-10-11-8-6-5-7-9-11/h3,5-9,13H,1,4,10H2,2H3. The maximum absolute atomic E-state index is 11.0. The third-order valence-electron chi connectivity index (χ3n) is 2.03. The van der Waals surface area contributed by atoms with Crippen molar-refractivity contribution in [3.8, 4) is 0 Å². The molecule has 1 rings (SSSR count). The van der Waals surface area contributed by atoms with E-state index < -0.39 is 12.3 Å². The topological polar surface area (TPSA) is 35.5 Å². The fraction of sp³-hybridized carbons (Fsp3) is 0.308. The van der Waals surface area contributed by atoms with Gasteiger partial charge in [0, 0.05) is 12.5 Å². The predicted octanol–water partition coefficient (Wildman–Crippen LogP) is 2.67. The molecule has 3 heteroatoms. The Hall–Kier alpha value is -1.61. The van der Waals surface area contributed by atoms with Crippen molar-refractivity contribution in [3.63, 3.8) is 0 Å². The van der Waals surface area contributed by atoms with Crippen LogP contribution in [0.2, 0.25) is 0 Å². The Morgan fingerprint density at radius 3 is 2.69 bits per heavy atom. The molecule has 0 heterocycles. The molecule has 16 heavy (non-hydrogen) atoms. The second-order valence-electron chi connectivity index (χ2n) is 3.28. The van der Waals surface area contributed by atoms with Crippen LogP contribution in [-0.4, -0.2) is 12.3 Å². The summed E-state index contributed by atoms with van der Waals surface area (Å²) in [5, 5.41) is 0. The summed E-state index contributed by atoms with van der Waals surface area (Å²) in [6, 6.07) is 9.74. The summed E-state index contributed by atoms with van der Waals surface area (Å²) in [6.45, 7) is 5.67. The summed E-state index contributed by atoms with van der Waals surface area (Å²) < 4.78 is 10.5. The van der Waals surface area contributed by atoms with E-state index >= 15 is 0 Å². The van der Waals surface area contributed by atoms with E-state index in [9.17, 15) is 4.79 Å². The first-order chi connectivity index (χ1) is 7.76. The molecule has 0 aliphatic heterocycles. The Balaban J connectivity index is 2.40. The molecule has 3 nitrogen and oxygen atoms in total. The molecule has 0 saturated carbocycles. The lowest BCUT2D eigenvalue weighted by atomic mass is 10.2. The van der Waals surface area contributed by atoms with E-state index in [1.807, 2.05) is 37.3 Å². The fourth-order valence-electron chi connectivity index (χ4n) is 1.18. The zero-order valence-electron chi connectivity index (χ0n) is 9.39. The van der Waals surface area contributed by atoms with Crippen molar-refractivity contribution >= 4 is 5.97 Å². The van der Waals surface area contributed by atoms with Crippen molar-refractivity contribution in [2.45, 2.75) is 26.2 Å². The number of benzene rings is 1. The number of carbonyl (C=O) groups excluding carboxylic acids is 1. The highest BCUT2D eigenvalue weighted by atomic mass is 16.7. The largest absolute Gasteiger partial charge is 0.433 e. The monoisotopic (exact) mass is 220 g/mol. The molecule has 1 unspecified atom stereocenters. The Morgan fingerprint density at radius 1 is 1.44 bits per heavy atom. The van der Waals surface area contributed by atoms with Crippen LogP contribution in [0.3, 0.4) is 0 Å². The molecule has 0 amide bonds. The molecule has 0 radical (unpaired) electrons. The van der Waals surface area contributed by atoms with E-state index in [0.717, 1.165) is 11.6 Å². The van der Waals surface area contributed by atoms with Gasteiger partial charge in [0.05, 0.1) is 6.61 Å². The molecule has 1 aromatic carbocycles. The van der Waals surface area contributed by atoms with E-state index in [4.69, 9.17) is 9.47 Å². The average Bonchev–Trinajstić information content (AvgIpc) is 2.35. The molecule has 1 aromatic rings. The summed E-state index contributed by atoms with van der Waals surface area (Å²) >= 11 is 0. The Morgan fingerprint density at radius 2 is 2.12 bits per heavy atom. The van der Waals surface area contributed by atoms with E-state index in [0.29, 0.717) is 13.0 Å². The minimum absolute atomic E-state index is 0.434. The van der Waals surface area contributed by atoms with Crippen LogP contribution in [0, 0.1) is 0 Å². The second-order valence-corrected chi connectivity index (χ2v) is 3.28. The lowest BCUT2D eigenvalue weighted by Gasteiger charge is -2.15. The van der Waals surface area contributed by atoms with Crippen LogP contribution in [-0.2, 0) is 20.9 Å². The zero-order valence-corrected chi connectivity index (χ0v) is 9.39. The van der Waals surface area contributed by atoms with Crippen LogP contribution < -0.4 is 0 Å². The summed E-state index contributed by atoms with van der Waals surface area (Å²) in [5.74, 6) is -0.458. The first-order valence-electron chi connectivity index (χ1n) is 5.24. The first-order valence-corrected chi connectivity index (χ1v) is 5.24. The number of esters is 1. The summed E-state index contributed by atoms with van der Waals surface area (Å²) in [7, 11) is 0. The summed E-state index contributed by atoms with van der Waals surface area (Å²) in [5.41, 5.74) is 1.05. The van der Waals surface area contributed by atoms with Crippen molar-refractivity contribution in [1.82, 2.24) is 0 Å². The molecule has 0 fully saturated rings. The maximum atomic E-state index is 11.0. The second kappa shape index (κ2) is 6.80. The van der Waals surface area contributed by atoms with Crippen LogP contribution in [0.25, 0.3) is 0 Å². The lowest BCUT2D eigenvalue weighted by Crippen LogP contribution is -2.19. The maximum Gasteiger partial charge on any atom is 0.332 e. The van der Waals surface area contributed by atoms with Gasteiger partial charge in [0.1, 0.15) is 0 Å². The summed E-state index contributed by atoms with van der Waals surface area (Å²) in [4.78, 5) is 11.0. The minimum atomic E-state index is -0.509. The molecule has 0 bridgehead atoms. The van der Waals surface area contributed by atoms with Crippen molar-refractivity contribution in [1.29, 1.82) is 0 Å². The first kappa shape index (κ1) is 12.5. The molecule has 0 saturated heterocycles. The van der Waals surface area contributed by atoms with Gasteiger partial charge < -0.3 is 9.47 Å². The zero-order chi connectivity index (χ0) is 11.8. The van der Waals surface area contributed by atoms with Gasteiger partial charge in [-0.15, -0.1) is 0 Å². The molecular weight excluding hydrogens is 204 g/mol. The number of hydrogen-bond acceptors (Lipinski definition) is 3.